The highest BCUT2D eigenvalue weighted by atomic mass is 127. The third-order valence-electron chi connectivity index (χ3n) is 2.05. The normalized spacial score (nSPS) is 13.7. The highest BCUT2D eigenvalue weighted by Crippen LogP contribution is 2.31. The van der Waals surface area contributed by atoms with E-state index < -0.39 is 13.6 Å². The molecule has 7 heteroatoms. The van der Waals surface area contributed by atoms with Crippen molar-refractivity contribution in [3.63, 3.8) is 0 Å². The largest absolute Gasteiger partial charge is 0.478 e. The van der Waals surface area contributed by atoms with E-state index >= 15 is 0 Å². The molecular weight excluding hydrogens is 438 g/mol. The molecule has 0 fully saturated rings. The Morgan fingerprint density at radius 1 is 1.44 bits per heavy atom. The Balaban J connectivity index is 4.67. The van der Waals surface area contributed by atoms with E-state index in [4.69, 9.17) is 10.8 Å². The quantitative estimate of drug-likeness (QED) is 0.374. The van der Waals surface area contributed by atoms with Gasteiger partial charge in [0.15, 0.2) is 0 Å². The second-order valence-corrected chi connectivity index (χ2v) is 9.17. The van der Waals surface area contributed by atoms with Crippen molar-refractivity contribution in [2.45, 2.75) is 27.9 Å². The number of carboxylic acids is 1. The third-order valence-corrected chi connectivity index (χ3v) is 4.42. The van der Waals surface area contributed by atoms with Crippen LogP contribution in [-0.2, 0) is 9.59 Å². The summed E-state index contributed by atoms with van der Waals surface area (Å²) in [5, 5.41) is 8.97. The van der Waals surface area contributed by atoms with Gasteiger partial charge in [0.1, 0.15) is 0 Å². The van der Waals surface area contributed by atoms with Crippen molar-refractivity contribution in [2.75, 3.05) is 7.05 Å². The van der Waals surface area contributed by atoms with Gasteiger partial charge in [0.05, 0.1) is 6.04 Å². The van der Waals surface area contributed by atoms with Crippen LogP contribution in [0, 0.1) is 5.92 Å². The average molecular weight is 454 g/mol. The average Bonchev–Trinajstić information content (AvgIpc) is 2.13. The molecule has 0 aromatic carbocycles. The van der Waals surface area contributed by atoms with Gasteiger partial charge in [-0.15, -0.1) is 0 Å². The molecule has 0 aromatic heterocycles. The smallest absolute Gasteiger partial charge is 0.350 e. The fourth-order valence-electron chi connectivity index (χ4n) is 1.14. The van der Waals surface area contributed by atoms with Crippen LogP contribution in [0.2, 0.25) is 0 Å². The first-order valence-corrected chi connectivity index (χ1v) is 6.90. The first-order valence-electron chi connectivity index (χ1n) is 4.75. The van der Waals surface area contributed by atoms with Crippen molar-refractivity contribution in [3.8, 4) is 0 Å². The van der Waals surface area contributed by atoms with Gasteiger partial charge in [-0.3, -0.25) is 4.79 Å². The van der Waals surface area contributed by atoms with E-state index in [1.165, 1.54) is 11.9 Å². The summed E-state index contributed by atoms with van der Waals surface area (Å²) in [4.78, 5) is 24.0. The Morgan fingerprint density at radius 2 is 1.88 bits per heavy atom. The fraction of sp³-hybridized carbons (Fsp3) is 0.778. The lowest BCUT2D eigenvalue weighted by atomic mass is 10.0. The number of rotatable bonds is 5. The van der Waals surface area contributed by atoms with Gasteiger partial charge >= 0.3 is 5.97 Å². The number of carboxylic acid groups (broad SMARTS) is 1. The van der Waals surface area contributed by atoms with Gasteiger partial charge in [0, 0.05) is 7.05 Å². The van der Waals surface area contributed by atoms with Gasteiger partial charge in [-0.05, 0) is 57.5 Å². The van der Waals surface area contributed by atoms with Gasteiger partial charge in [-0.1, -0.05) is 13.8 Å². The Labute approximate surface area is 122 Å². The molecule has 0 saturated carbocycles. The zero-order valence-corrected chi connectivity index (χ0v) is 13.7. The van der Waals surface area contributed by atoms with Crippen molar-refractivity contribution < 1.29 is 14.7 Å². The zero-order chi connectivity index (χ0) is 13.1. The molecule has 5 nitrogen and oxygen atoms in total. The summed E-state index contributed by atoms with van der Waals surface area (Å²) in [6, 6.07) is -0.645. The van der Waals surface area contributed by atoms with Crippen molar-refractivity contribution in [1.82, 2.24) is 4.90 Å². The number of halogens is 2. The Hall–Kier alpha value is 0.360. The summed E-state index contributed by atoms with van der Waals surface area (Å²) in [5.41, 5.74) is 5.73. The van der Waals surface area contributed by atoms with Crippen LogP contribution in [0.5, 0.6) is 0 Å². The van der Waals surface area contributed by atoms with Crippen LogP contribution in [0.1, 0.15) is 20.3 Å². The molecule has 0 bridgehead atoms. The molecule has 0 aliphatic heterocycles. The molecule has 1 amide bonds. The maximum atomic E-state index is 11.9. The molecule has 16 heavy (non-hydrogen) atoms. The second-order valence-electron chi connectivity index (χ2n) is 3.98. The summed E-state index contributed by atoms with van der Waals surface area (Å²) in [6.07, 6.45) is 0.548. The summed E-state index contributed by atoms with van der Waals surface area (Å²) >= 11 is 3.42. The second kappa shape index (κ2) is 6.34. The van der Waals surface area contributed by atoms with Crippen LogP contribution in [0.15, 0.2) is 0 Å². The van der Waals surface area contributed by atoms with Crippen LogP contribution >= 0.6 is 45.2 Å². The number of hydrogen-bond donors (Lipinski definition) is 2. The lowest BCUT2D eigenvalue weighted by molar-refractivity contribution is -0.145. The lowest BCUT2D eigenvalue weighted by Crippen LogP contribution is -2.52. The molecule has 0 spiro atoms. The molecule has 0 unspecified atom stereocenters. The minimum Gasteiger partial charge on any atom is -0.478 e. The van der Waals surface area contributed by atoms with Crippen LogP contribution in [0.3, 0.4) is 0 Å². The van der Waals surface area contributed by atoms with Crippen LogP contribution in [0.25, 0.3) is 0 Å². The van der Waals surface area contributed by atoms with Crippen LogP contribution in [0.4, 0.5) is 0 Å². The summed E-state index contributed by atoms with van der Waals surface area (Å²) in [7, 11) is 1.45. The maximum Gasteiger partial charge on any atom is 0.350 e. The van der Waals surface area contributed by atoms with Gasteiger partial charge < -0.3 is 15.7 Å². The number of carbonyl (C=O) groups is 2. The first-order chi connectivity index (χ1) is 7.10. The molecule has 0 heterocycles. The van der Waals surface area contributed by atoms with E-state index in [2.05, 4.69) is 0 Å². The van der Waals surface area contributed by atoms with Crippen molar-refractivity contribution in [2.24, 2.45) is 11.7 Å². The predicted octanol–water partition coefficient (Wildman–Crippen LogP) is 1.43. The van der Waals surface area contributed by atoms with Crippen LogP contribution < -0.4 is 5.73 Å². The molecule has 94 valence electrons. The number of nitrogens with two attached hydrogens (primary N) is 1. The van der Waals surface area contributed by atoms with E-state index in [1.54, 1.807) is 45.2 Å². The van der Waals surface area contributed by atoms with E-state index in [1.807, 2.05) is 13.8 Å². The van der Waals surface area contributed by atoms with E-state index in [-0.39, 0.29) is 5.91 Å². The highest BCUT2D eigenvalue weighted by molar-refractivity contribution is 14.2. The zero-order valence-electron chi connectivity index (χ0n) is 9.41. The molecule has 0 aliphatic carbocycles. The summed E-state index contributed by atoms with van der Waals surface area (Å²) in [6.45, 7) is 3.93. The number of alkyl halides is 2. The molecule has 3 N–H and O–H groups in total. The number of carbonyl (C=O) groups excluding carboxylic acids is 1. The van der Waals surface area contributed by atoms with E-state index in [9.17, 15) is 9.59 Å². The van der Waals surface area contributed by atoms with Gasteiger partial charge in [0.25, 0.3) is 0 Å². The predicted molar refractivity (Wildman–Crippen MR) is 78.6 cm³/mol. The molecule has 0 radical (unpaired) electrons. The number of aliphatic carboxylic acids is 1. The molecule has 0 aliphatic rings. The molecule has 0 aromatic rings. The minimum atomic E-state index is -1.29. The van der Waals surface area contributed by atoms with Crippen molar-refractivity contribution >= 4 is 57.1 Å². The van der Waals surface area contributed by atoms with Crippen molar-refractivity contribution in [3.05, 3.63) is 0 Å². The number of hydrogen-bond acceptors (Lipinski definition) is 3. The maximum absolute atomic E-state index is 11.9. The standard InChI is InChI=1S/C9H16I2N2O3/c1-5(2)4-6(12)7(14)13(3)9(10,11)8(15)16/h5-6H,4,12H2,1-3H3,(H,15,16)/t6-/m0/s1. The Morgan fingerprint density at radius 3 is 2.19 bits per heavy atom. The van der Waals surface area contributed by atoms with Crippen molar-refractivity contribution in [1.29, 1.82) is 0 Å². The molecule has 0 rings (SSSR count). The third kappa shape index (κ3) is 4.32. The lowest BCUT2D eigenvalue weighted by Gasteiger charge is -2.30. The molecular formula is C9H16I2N2O3. The monoisotopic (exact) mass is 454 g/mol. The van der Waals surface area contributed by atoms with Gasteiger partial charge in [0.2, 0.25) is 7.46 Å². The highest BCUT2D eigenvalue weighted by Gasteiger charge is 2.41. The number of likely N-dealkylation sites (N-methyl/N-ethyl adjacent to an activating group) is 1. The number of amides is 1. The molecule has 1 atom stereocenters. The Bertz CT molecular complexity index is 282. The molecule has 0 saturated heterocycles. The summed E-state index contributed by atoms with van der Waals surface area (Å²) in [5.74, 6) is -1.11. The van der Waals surface area contributed by atoms with E-state index in [0.717, 1.165) is 0 Å². The topological polar surface area (TPSA) is 83.6 Å². The first kappa shape index (κ1) is 16.4. The van der Waals surface area contributed by atoms with Gasteiger partial charge in [-0.2, -0.15) is 0 Å². The summed E-state index contributed by atoms with van der Waals surface area (Å²) < 4.78 is -1.29. The SMILES string of the molecule is CC(C)C[C@H](N)C(=O)N(C)C(I)(I)C(=O)O. The fourth-order valence-corrected chi connectivity index (χ4v) is 1.61. The van der Waals surface area contributed by atoms with Gasteiger partial charge in [-0.25, -0.2) is 4.79 Å². The van der Waals surface area contributed by atoms with E-state index in [0.29, 0.717) is 12.3 Å². The minimum absolute atomic E-state index is 0.301. The van der Waals surface area contributed by atoms with Crippen LogP contribution in [-0.4, -0.2) is 36.5 Å². The Kier molecular flexibility index (Phi) is 6.48. The number of nitrogens with zero attached hydrogens (tertiary/aromatic N) is 1.